The van der Waals surface area contributed by atoms with Gasteiger partial charge in [-0.1, -0.05) is 0 Å². The van der Waals surface area contributed by atoms with Crippen molar-refractivity contribution in [1.29, 1.82) is 0 Å². The second kappa shape index (κ2) is 5.53. The van der Waals surface area contributed by atoms with E-state index in [1.54, 1.807) is 6.92 Å². The van der Waals surface area contributed by atoms with Gasteiger partial charge in [0.05, 0.1) is 13.7 Å². The molecule has 0 heterocycles. The maximum atomic E-state index is 10.9. The van der Waals surface area contributed by atoms with Crippen molar-refractivity contribution in [3.05, 3.63) is 0 Å². The lowest BCUT2D eigenvalue weighted by Crippen LogP contribution is -2.33. The van der Waals surface area contributed by atoms with Crippen molar-refractivity contribution in [2.45, 2.75) is 12.3 Å². The van der Waals surface area contributed by atoms with Crippen LogP contribution in [0.1, 0.15) is 6.92 Å². The number of Topliss-reactive ketones (excluding diaryl/α,β-unsaturated/α-hetero) is 1. The van der Waals surface area contributed by atoms with Crippen molar-refractivity contribution in [1.82, 2.24) is 0 Å². The smallest absolute Gasteiger partial charge is 0.376 e. The van der Waals surface area contributed by atoms with Gasteiger partial charge in [0, 0.05) is 0 Å². The molecule has 0 rings (SSSR count). The van der Waals surface area contributed by atoms with Crippen LogP contribution in [0.4, 0.5) is 0 Å². The number of ketones is 1. The Labute approximate surface area is 79.9 Å². The number of esters is 2. The van der Waals surface area contributed by atoms with E-state index in [9.17, 15) is 14.4 Å². The highest BCUT2D eigenvalue weighted by Gasteiger charge is 2.31. The van der Waals surface area contributed by atoms with Gasteiger partial charge < -0.3 is 9.47 Å². The third-order valence-electron chi connectivity index (χ3n) is 1.11. The normalized spacial score (nSPS) is 11.6. The van der Waals surface area contributed by atoms with Gasteiger partial charge in [-0.2, -0.15) is 0 Å². The summed E-state index contributed by atoms with van der Waals surface area (Å²) in [5.41, 5.74) is 0. The number of ether oxygens (including phenoxy) is 2. The molecule has 74 valence electrons. The predicted octanol–water partition coefficient (Wildman–Crippen LogP) is -0.101. The summed E-state index contributed by atoms with van der Waals surface area (Å²) in [4.78, 5) is 32.3. The summed E-state index contributed by atoms with van der Waals surface area (Å²) in [5, 5.41) is -1.62. The standard InChI is InChI=1S/C7H9ClO5/c1-3-13-6(10)4(8)5(9)7(11)12-2/h4H,3H2,1-2H3. The molecule has 13 heavy (non-hydrogen) atoms. The molecule has 0 radical (unpaired) electrons. The fourth-order valence-corrected chi connectivity index (χ4v) is 0.679. The molecule has 0 N–H and O–H groups in total. The Hall–Kier alpha value is -1.10. The quantitative estimate of drug-likeness (QED) is 0.279. The summed E-state index contributed by atoms with van der Waals surface area (Å²) in [5.74, 6) is -3.23. The molecule has 0 amide bonds. The third kappa shape index (κ3) is 3.42. The van der Waals surface area contributed by atoms with Crippen molar-refractivity contribution in [3.63, 3.8) is 0 Å². The van der Waals surface area contributed by atoms with Gasteiger partial charge in [0.1, 0.15) is 0 Å². The molecule has 0 fully saturated rings. The van der Waals surface area contributed by atoms with E-state index in [-0.39, 0.29) is 6.61 Å². The number of rotatable bonds is 4. The van der Waals surface area contributed by atoms with Crippen molar-refractivity contribution in [2.24, 2.45) is 0 Å². The molecule has 1 atom stereocenters. The molecule has 1 unspecified atom stereocenters. The molecule has 0 saturated carbocycles. The molecule has 0 aliphatic heterocycles. The monoisotopic (exact) mass is 208 g/mol. The first kappa shape index (κ1) is 11.9. The van der Waals surface area contributed by atoms with Crippen LogP contribution >= 0.6 is 11.6 Å². The van der Waals surface area contributed by atoms with Crippen LogP contribution in [0.25, 0.3) is 0 Å². The van der Waals surface area contributed by atoms with Crippen LogP contribution in [0.15, 0.2) is 0 Å². The molecule has 0 aliphatic rings. The highest BCUT2D eigenvalue weighted by atomic mass is 35.5. The van der Waals surface area contributed by atoms with E-state index < -0.39 is 23.1 Å². The lowest BCUT2D eigenvalue weighted by molar-refractivity contribution is -0.155. The van der Waals surface area contributed by atoms with Crippen molar-refractivity contribution in [3.8, 4) is 0 Å². The van der Waals surface area contributed by atoms with Crippen molar-refractivity contribution < 1.29 is 23.9 Å². The van der Waals surface area contributed by atoms with Crippen LogP contribution < -0.4 is 0 Å². The average molecular weight is 209 g/mol. The average Bonchev–Trinajstić information content (AvgIpc) is 2.14. The van der Waals surface area contributed by atoms with Gasteiger partial charge in [0.15, 0.2) is 0 Å². The highest BCUT2D eigenvalue weighted by molar-refractivity contribution is 6.54. The summed E-state index contributed by atoms with van der Waals surface area (Å²) >= 11 is 5.31. The number of halogens is 1. The molecule has 0 aromatic carbocycles. The second-order valence-corrected chi connectivity index (χ2v) is 2.41. The maximum Gasteiger partial charge on any atom is 0.376 e. The zero-order valence-corrected chi connectivity index (χ0v) is 7.96. The van der Waals surface area contributed by atoms with Crippen LogP contribution in [-0.4, -0.2) is 36.8 Å². The Kier molecular flexibility index (Phi) is 5.06. The van der Waals surface area contributed by atoms with E-state index in [1.165, 1.54) is 0 Å². The number of hydrogen-bond acceptors (Lipinski definition) is 5. The first-order chi connectivity index (χ1) is 6.04. The van der Waals surface area contributed by atoms with Gasteiger partial charge in [-0.15, -0.1) is 11.6 Å². The minimum atomic E-state index is -1.62. The molecular formula is C7H9ClO5. The molecule has 6 heteroatoms. The fourth-order valence-electron chi connectivity index (χ4n) is 0.527. The predicted molar refractivity (Wildman–Crippen MR) is 43.3 cm³/mol. The van der Waals surface area contributed by atoms with Crippen LogP contribution in [0.2, 0.25) is 0 Å². The maximum absolute atomic E-state index is 10.9. The molecule has 0 aromatic heterocycles. The van der Waals surface area contributed by atoms with E-state index in [2.05, 4.69) is 9.47 Å². The van der Waals surface area contributed by atoms with E-state index in [0.717, 1.165) is 7.11 Å². The Morgan fingerprint density at radius 3 is 2.31 bits per heavy atom. The number of alkyl halides is 1. The molecule has 0 spiro atoms. The lowest BCUT2D eigenvalue weighted by Gasteiger charge is -2.05. The first-order valence-corrected chi connectivity index (χ1v) is 3.91. The van der Waals surface area contributed by atoms with Crippen LogP contribution in [0, 0.1) is 0 Å². The van der Waals surface area contributed by atoms with E-state index in [1.807, 2.05) is 0 Å². The molecule has 0 aliphatic carbocycles. The number of methoxy groups -OCH3 is 1. The lowest BCUT2D eigenvalue weighted by atomic mass is 10.3. The molecule has 5 nitrogen and oxygen atoms in total. The Morgan fingerprint density at radius 2 is 1.92 bits per heavy atom. The van der Waals surface area contributed by atoms with Gasteiger partial charge >= 0.3 is 11.9 Å². The van der Waals surface area contributed by atoms with Gasteiger partial charge in [0.2, 0.25) is 5.38 Å². The van der Waals surface area contributed by atoms with Crippen LogP contribution in [0.5, 0.6) is 0 Å². The van der Waals surface area contributed by atoms with Gasteiger partial charge in [-0.05, 0) is 6.92 Å². The summed E-state index contributed by atoms with van der Waals surface area (Å²) < 4.78 is 8.50. The summed E-state index contributed by atoms with van der Waals surface area (Å²) in [6.45, 7) is 1.65. The summed E-state index contributed by atoms with van der Waals surface area (Å²) in [6, 6.07) is 0. The first-order valence-electron chi connectivity index (χ1n) is 3.47. The SMILES string of the molecule is CCOC(=O)C(Cl)C(=O)C(=O)OC. The molecular weight excluding hydrogens is 200 g/mol. The fraction of sp³-hybridized carbons (Fsp3) is 0.571. The summed E-state index contributed by atoms with van der Waals surface area (Å²) in [7, 11) is 1.02. The van der Waals surface area contributed by atoms with E-state index in [0.29, 0.717) is 0 Å². The zero-order chi connectivity index (χ0) is 10.4. The second-order valence-electron chi connectivity index (χ2n) is 1.97. The Balaban J connectivity index is 4.25. The van der Waals surface area contributed by atoms with Gasteiger partial charge in [0.25, 0.3) is 5.78 Å². The number of hydrogen-bond donors (Lipinski definition) is 0. The summed E-state index contributed by atoms with van der Waals surface area (Å²) in [6.07, 6.45) is 0. The van der Waals surface area contributed by atoms with Gasteiger partial charge in [-0.3, -0.25) is 4.79 Å². The van der Waals surface area contributed by atoms with Gasteiger partial charge in [-0.25, -0.2) is 9.59 Å². The van der Waals surface area contributed by atoms with E-state index >= 15 is 0 Å². The number of carbonyl (C=O) groups is 3. The topological polar surface area (TPSA) is 69.7 Å². The van der Waals surface area contributed by atoms with E-state index in [4.69, 9.17) is 11.6 Å². The minimum Gasteiger partial charge on any atom is -0.465 e. The molecule has 0 saturated heterocycles. The molecule has 0 aromatic rings. The zero-order valence-electron chi connectivity index (χ0n) is 7.20. The largest absolute Gasteiger partial charge is 0.465 e. The van der Waals surface area contributed by atoms with Crippen LogP contribution in [-0.2, 0) is 23.9 Å². The minimum absolute atomic E-state index is 0.0938. The van der Waals surface area contributed by atoms with Crippen molar-refractivity contribution >= 4 is 29.3 Å². The van der Waals surface area contributed by atoms with Crippen LogP contribution in [0.3, 0.4) is 0 Å². The van der Waals surface area contributed by atoms with Crippen molar-refractivity contribution in [2.75, 3.05) is 13.7 Å². The molecule has 0 bridgehead atoms. The highest BCUT2D eigenvalue weighted by Crippen LogP contribution is 2.02. The third-order valence-corrected chi connectivity index (χ3v) is 1.49. The Morgan fingerprint density at radius 1 is 1.38 bits per heavy atom. The number of carbonyl (C=O) groups excluding carboxylic acids is 3. The Bertz CT molecular complexity index is 225.